The molecule has 1 heterocycles. The summed E-state index contributed by atoms with van der Waals surface area (Å²) >= 11 is 0. The SMILES string of the molecule is Nc1ccc(N2CCCCC2)cc1.O=S(=O)(O)O. The van der Waals surface area contributed by atoms with Crippen LogP contribution in [0.5, 0.6) is 0 Å². The molecular formula is C11H18N2O4S. The zero-order chi connectivity index (χ0) is 13.6. The first kappa shape index (κ1) is 14.7. The lowest BCUT2D eigenvalue weighted by Gasteiger charge is -2.28. The maximum Gasteiger partial charge on any atom is 0.394 e. The lowest BCUT2D eigenvalue weighted by molar-refractivity contribution is 0.381. The second-order valence-electron chi connectivity index (χ2n) is 4.09. The summed E-state index contributed by atoms with van der Waals surface area (Å²) in [7, 11) is -4.67. The minimum atomic E-state index is -4.67. The zero-order valence-electron chi connectivity index (χ0n) is 9.99. The number of anilines is 2. The molecule has 7 heteroatoms. The number of nitrogens with two attached hydrogens (primary N) is 1. The number of piperidine rings is 1. The summed E-state index contributed by atoms with van der Waals surface area (Å²) in [6, 6.07) is 8.18. The predicted octanol–water partition coefficient (Wildman–Crippen LogP) is 1.61. The molecule has 1 fully saturated rings. The Labute approximate surface area is 107 Å². The average molecular weight is 274 g/mol. The summed E-state index contributed by atoms with van der Waals surface area (Å²) in [5.41, 5.74) is 7.80. The van der Waals surface area contributed by atoms with Gasteiger partial charge in [0.05, 0.1) is 0 Å². The molecule has 0 aromatic heterocycles. The Hall–Kier alpha value is -1.31. The highest BCUT2D eigenvalue weighted by atomic mass is 32.3. The van der Waals surface area contributed by atoms with Crippen LogP contribution in [-0.4, -0.2) is 30.6 Å². The fourth-order valence-corrected chi connectivity index (χ4v) is 1.84. The van der Waals surface area contributed by atoms with Gasteiger partial charge < -0.3 is 10.6 Å². The minimum Gasteiger partial charge on any atom is -0.399 e. The molecule has 0 atom stereocenters. The average Bonchev–Trinajstić information content (AvgIpc) is 2.29. The molecule has 0 saturated carbocycles. The molecule has 6 nitrogen and oxygen atoms in total. The van der Waals surface area contributed by atoms with Gasteiger partial charge >= 0.3 is 10.4 Å². The summed E-state index contributed by atoms with van der Waals surface area (Å²) in [5, 5.41) is 0. The summed E-state index contributed by atoms with van der Waals surface area (Å²) in [6.07, 6.45) is 4.03. The van der Waals surface area contributed by atoms with Crippen LogP contribution in [0.25, 0.3) is 0 Å². The van der Waals surface area contributed by atoms with Crippen LogP contribution in [0.1, 0.15) is 19.3 Å². The Morgan fingerprint density at radius 1 is 1.00 bits per heavy atom. The summed E-state index contributed by atoms with van der Waals surface area (Å²) < 4.78 is 31.6. The topological polar surface area (TPSA) is 104 Å². The van der Waals surface area contributed by atoms with E-state index < -0.39 is 10.4 Å². The Balaban J connectivity index is 0.000000280. The fraction of sp³-hybridized carbons (Fsp3) is 0.455. The summed E-state index contributed by atoms with van der Waals surface area (Å²) in [4.78, 5) is 2.43. The molecule has 18 heavy (non-hydrogen) atoms. The molecule has 0 bridgehead atoms. The monoisotopic (exact) mass is 274 g/mol. The van der Waals surface area contributed by atoms with Gasteiger partial charge in [-0.3, -0.25) is 9.11 Å². The van der Waals surface area contributed by atoms with Crippen LogP contribution in [0.4, 0.5) is 11.4 Å². The predicted molar refractivity (Wildman–Crippen MR) is 71.1 cm³/mol. The van der Waals surface area contributed by atoms with E-state index in [-0.39, 0.29) is 0 Å². The van der Waals surface area contributed by atoms with Crippen molar-refractivity contribution in [3.63, 3.8) is 0 Å². The van der Waals surface area contributed by atoms with Crippen molar-refractivity contribution < 1.29 is 17.5 Å². The van der Waals surface area contributed by atoms with Crippen molar-refractivity contribution in [2.24, 2.45) is 0 Å². The van der Waals surface area contributed by atoms with Crippen molar-refractivity contribution in [2.45, 2.75) is 19.3 Å². The van der Waals surface area contributed by atoms with Gasteiger partial charge in [-0.1, -0.05) is 0 Å². The first-order chi connectivity index (χ1) is 8.36. The standard InChI is InChI=1S/C11H16N2.H2O4S/c12-10-4-6-11(7-5-10)13-8-2-1-3-9-13;1-5(2,3)4/h4-7H,1-3,8-9,12H2;(H2,1,2,3,4). The smallest absolute Gasteiger partial charge is 0.394 e. The van der Waals surface area contributed by atoms with Crippen LogP contribution in [0.3, 0.4) is 0 Å². The Morgan fingerprint density at radius 3 is 1.89 bits per heavy atom. The largest absolute Gasteiger partial charge is 0.399 e. The van der Waals surface area contributed by atoms with Gasteiger partial charge in [0.15, 0.2) is 0 Å². The molecule has 0 aliphatic carbocycles. The van der Waals surface area contributed by atoms with Crippen LogP contribution in [0.2, 0.25) is 0 Å². The maximum atomic E-state index is 8.74. The van der Waals surface area contributed by atoms with E-state index >= 15 is 0 Å². The van der Waals surface area contributed by atoms with Crippen LogP contribution >= 0.6 is 0 Å². The molecule has 102 valence electrons. The molecule has 1 aromatic carbocycles. The van der Waals surface area contributed by atoms with E-state index in [9.17, 15) is 0 Å². The number of rotatable bonds is 1. The molecule has 4 N–H and O–H groups in total. The number of hydrogen-bond acceptors (Lipinski definition) is 4. The van der Waals surface area contributed by atoms with Crippen molar-refractivity contribution in [1.82, 2.24) is 0 Å². The summed E-state index contributed by atoms with van der Waals surface area (Å²) in [6.45, 7) is 2.40. The molecular weight excluding hydrogens is 256 g/mol. The van der Waals surface area contributed by atoms with E-state index in [2.05, 4.69) is 17.0 Å². The van der Waals surface area contributed by atoms with Crippen molar-refractivity contribution in [3.05, 3.63) is 24.3 Å². The third-order valence-electron chi connectivity index (χ3n) is 2.61. The number of nitrogen functional groups attached to an aromatic ring is 1. The van der Waals surface area contributed by atoms with E-state index in [4.69, 9.17) is 23.3 Å². The van der Waals surface area contributed by atoms with Gasteiger partial charge in [0.1, 0.15) is 0 Å². The second-order valence-corrected chi connectivity index (χ2v) is 4.98. The number of hydrogen-bond donors (Lipinski definition) is 3. The number of benzene rings is 1. The zero-order valence-corrected chi connectivity index (χ0v) is 10.8. The highest BCUT2D eigenvalue weighted by Crippen LogP contribution is 2.20. The second kappa shape index (κ2) is 6.58. The van der Waals surface area contributed by atoms with Gasteiger partial charge in [-0.25, -0.2) is 0 Å². The van der Waals surface area contributed by atoms with Crippen LogP contribution in [0.15, 0.2) is 24.3 Å². The number of nitrogens with zero attached hydrogens (tertiary/aromatic N) is 1. The van der Waals surface area contributed by atoms with E-state index in [1.54, 1.807) is 0 Å². The van der Waals surface area contributed by atoms with Crippen molar-refractivity contribution in [1.29, 1.82) is 0 Å². The minimum absolute atomic E-state index is 0.848. The van der Waals surface area contributed by atoms with Gasteiger partial charge in [-0.05, 0) is 43.5 Å². The lowest BCUT2D eigenvalue weighted by atomic mass is 10.1. The highest BCUT2D eigenvalue weighted by molar-refractivity contribution is 7.79. The molecule has 1 aromatic rings. The first-order valence-electron chi connectivity index (χ1n) is 5.66. The fourth-order valence-electron chi connectivity index (χ4n) is 1.84. The maximum absolute atomic E-state index is 8.74. The van der Waals surface area contributed by atoms with Gasteiger partial charge in [0.2, 0.25) is 0 Å². The third kappa shape index (κ3) is 6.43. The van der Waals surface area contributed by atoms with E-state index in [0.29, 0.717) is 0 Å². The molecule has 0 radical (unpaired) electrons. The molecule has 0 unspecified atom stereocenters. The van der Waals surface area contributed by atoms with Gasteiger partial charge in [0, 0.05) is 24.5 Å². The molecule has 0 spiro atoms. The molecule has 1 aliphatic heterocycles. The molecule has 1 aliphatic rings. The van der Waals surface area contributed by atoms with E-state index in [1.165, 1.54) is 38.0 Å². The summed E-state index contributed by atoms with van der Waals surface area (Å²) in [5.74, 6) is 0. The Morgan fingerprint density at radius 2 is 1.44 bits per heavy atom. The van der Waals surface area contributed by atoms with E-state index in [0.717, 1.165) is 5.69 Å². The van der Waals surface area contributed by atoms with Crippen LogP contribution in [-0.2, 0) is 10.4 Å². The van der Waals surface area contributed by atoms with Crippen molar-refractivity contribution in [3.8, 4) is 0 Å². The molecule has 1 saturated heterocycles. The Kier molecular flexibility index (Phi) is 5.39. The lowest BCUT2D eigenvalue weighted by Crippen LogP contribution is -2.29. The normalized spacial score (nSPS) is 15.8. The quantitative estimate of drug-likeness (QED) is 0.531. The molecule has 0 amide bonds. The molecule has 2 rings (SSSR count). The highest BCUT2D eigenvalue weighted by Gasteiger charge is 2.09. The van der Waals surface area contributed by atoms with Crippen molar-refractivity contribution in [2.75, 3.05) is 23.7 Å². The van der Waals surface area contributed by atoms with Crippen LogP contribution in [0, 0.1) is 0 Å². The van der Waals surface area contributed by atoms with Gasteiger partial charge in [-0.15, -0.1) is 0 Å². The Bertz CT molecular complexity index is 444. The van der Waals surface area contributed by atoms with Crippen molar-refractivity contribution >= 4 is 21.8 Å². The van der Waals surface area contributed by atoms with Gasteiger partial charge in [-0.2, -0.15) is 8.42 Å². The first-order valence-corrected chi connectivity index (χ1v) is 7.06. The van der Waals surface area contributed by atoms with Gasteiger partial charge in [0.25, 0.3) is 0 Å². The van der Waals surface area contributed by atoms with Crippen LogP contribution < -0.4 is 10.6 Å². The van der Waals surface area contributed by atoms with E-state index in [1.807, 2.05) is 12.1 Å². The third-order valence-corrected chi connectivity index (χ3v) is 2.61.